The van der Waals surface area contributed by atoms with Crippen molar-refractivity contribution in [1.29, 1.82) is 0 Å². The van der Waals surface area contributed by atoms with Gasteiger partial charge in [-0.1, -0.05) is 48.6 Å². The first-order chi connectivity index (χ1) is 13.2. The highest BCUT2D eigenvalue weighted by molar-refractivity contribution is 6.20. The first-order valence-electron chi connectivity index (χ1n) is 9.15. The van der Waals surface area contributed by atoms with Gasteiger partial charge < -0.3 is 9.31 Å². The number of hydrogen-bond donors (Lipinski definition) is 0. The Kier molecular flexibility index (Phi) is 8.24. The molecule has 138 valence electrons. The molecule has 0 heterocycles. The van der Waals surface area contributed by atoms with Crippen molar-refractivity contribution in [2.75, 3.05) is 0 Å². The van der Waals surface area contributed by atoms with Crippen LogP contribution in [0.2, 0.25) is 0 Å². The second-order valence-electron chi connectivity index (χ2n) is 6.17. The summed E-state index contributed by atoms with van der Waals surface area (Å²) >= 11 is 0. The molecule has 0 aromatic heterocycles. The van der Waals surface area contributed by atoms with E-state index in [2.05, 4.69) is 38.4 Å². The van der Waals surface area contributed by atoms with Crippen LogP contribution in [0.5, 0.6) is 11.5 Å². The Morgan fingerprint density at radius 3 is 1.41 bits per heavy atom. The van der Waals surface area contributed by atoms with E-state index in [-0.39, 0.29) is 7.69 Å². The van der Waals surface area contributed by atoms with Gasteiger partial charge in [-0.15, -0.1) is 26.3 Å². The maximum atomic E-state index is 5.96. The summed E-state index contributed by atoms with van der Waals surface area (Å²) < 4.78 is 11.9. The minimum absolute atomic E-state index is 0.142. The molecule has 0 aliphatic carbocycles. The molecule has 0 aliphatic heterocycles. The smallest absolute Gasteiger partial charge is 0.528 e. The van der Waals surface area contributed by atoms with Gasteiger partial charge in [-0.2, -0.15) is 0 Å². The third-order valence-corrected chi connectivity index (χ3v) is 4.31. The molecule has 2 aromatic rings. The zero-order valence-electron chi connectivity index (χ0n) is 16.0. The van der Waals surface area contributed by atoms with E-state index in [0.29, 0.717) is 0 Å². The standard InChI is InChI=1S/C24H27BO2/c1-5-11-19-15-9-17-23(21(19)13-7-3)26-25-27-24-18-10-16-20(12-6-2)22(24)14-8-4/h5-10,15-18,25H,1-4,11-14H2. The zero-order valence-corrected chi connectivity index (χ0v) is 16.0. The third kappa shape index (κ3) is 5.52. The Labute approximate surface area is 163 Å². The lowest BCUT2D eigenvalue weighted by atomic mass is 10.00. The molecule has 0 radical (unpaired) electrons. The molecule has 0 fully saturated rings. The fourth-order valence-corrected chi connectivity index (χ4v) is 3.09. The second-order valence-corrected chi connectivity index (χ2v) is 6.17. The van der Waals surface area contributed by atoms with Crippen LogP contribution >= 0.6 is 0 Å². The minimum Gasteiger partial charge on any atom is -0.528 e. The van der Waals surface area contributed by atoms with Gasteiger partial charge in [0, 0.05) is 0 Å². The maximum Gasteiger partial charge on any atom is 0.576 e. The van der Waals surface area contributed by atoms with E-state index in [9.17, 15) is 0 Å². The zero-order chi connectivity index (χ0) is 19.5. The Morgan fingerprint density at radius 2 is 1.04 bits per heavy atom. The summed E-state index contributed by atoms with van der Waals surface area (Å²) in [6.45, 7) is 15.4. The van der Waals surface area contributed by atoms with Gasteiger partial charge in [0.15, 0.2) is 0 Å². The quantitative estimate of drug-likeness (QED) is 0.377. The predicted octanol–water partition coefficient (Wildman–Crippen LogP) is 5.32. The molecule has 0 saturated heterocycles. The molecule has 0 unspecified atom stereocenters. The van der Waals surface area contributed by atoms with Gasteiger partial charge in [-0.3, -0.25) is 0 Å². The van der Waals surface area contributed by atoms with Crippen molar-refractivity contribution in [2.45, 2.75) is 25.7 Å². The first-order valence-corrected chi connectivity index (χ1v) is 9.15. The van der Waals surface area contributed by atoms with Crippen LogP contribution in [0.15, 0.2) is 87.0 Å². The Morgan fingerprint density at radius 1 is 0.630 bits per heavy atom. The van der Waals surface area contributed by atoms with Crippen molar-refractivity contribution in [3.8, 4) is 11.5 Å². The van der Waals surface area contributed by atoms with E-state index in [4.69, 9.17) is 9.31 Å². The van der Waals surface area contributed by atoms with Gasteiger partial charge in [0.05, 0.1) is 0 Å². The van der Waals surface area contributed by atoms with Gasteiger partial charge >= 0.3 is 7.69 Å². The maximum absolute atomic E-state index is 5.96. The summed E-state index contributed by atoms with van der Waals surface area (Å²) in [4.78, 5) is 0. The molecule has 2 aromatic carbocycles. The highest BCUT2D eigenvalue weighted by atomic mass is 16.6. The fraction of sp³-hybridized carbons (Fsp3) is 0.167. The van der Waals surface area contributed by atoms with E-state index in [1.54, 1.807) is 0 Å². The molecule has 0 atom stereocenters. The number of rotatable bonds is 12. The van der Waals surface area contributed by atoms with Crippen molar-refractivity contribution in [1.82, 2.24) is 0 Å². The molecule has 2 nitrogen and oxygen atoms in total. The predicted molar refractivity (Wildman–Crippen MR) is 117 cm³/mol. The third-order valence-electron chi connectivity index (χ3n) is 4.31. The van der Waals surface area contributed by atoms with Crippen molar-refractivity contribution < 1.29 is 9.31 Å². The van der Waals surface area contributed by atoms with Crippen LogP contribution in [0.3, 0.4) is 0 Å². The summed E-state index contributed by atoms with van der Waals surface area (Å²) in [5.41, 5.74) is 4.65. The summed E-state index contributed by atoms with van der Waals surface area (Å²) in [6, 6.07) is 12.1. The molecule has 0 N–H and O–H groups in total. The second kappa shape index (κ2) is 10.9. The molecule has 0 spiro atoms. The number of hydrogen-bond acceptors (Lipinski definition) is 2. The van der Waals surface area contributed by atoms with Crippen molar-refractivity contribution in [3.63, 3.8) is 0 Å². The Balaban J connectivity index is 2.17. The molecular formula is C24H27BO2. The number of benzene rings is 2. The molecule has 2 rings (SSSR count). The summed E-state index contributed by atoms with van der Waals surface area (Å²) in [5, 5.41) is 0. The topological polar surface area (TPSA) is 18.5 Å². The molecule has 0 amide bonds. The van der Waals surface area contributed by atoms with Crippen LogP contribution in [-0.4, -0.2) is 7.69 Å². The van der Waals surface area contributed by atoms with Gasteiger partial charge in [-0.05, 0) is 60.1 Å². The van der Waals surface area contributed by atoms with E-state index < -0.39 is 0 Å². The lowest BCUT2D eigenvalue weighted by Gasteiger charge is -2.16. The molecule has 27 heavy (non-hydrogen) atoms. The molecule has 0 saturated carbocycles. The van der Waals surface area contributed by atoms with Crippen molar-refractivity contribution in [2.24, 2.45) is 0 Å². The van der Waals surface area contributed by atoms with E-state index in [1.165, 1.54) is 11.1 Å². The monoisotopic (exact) mass is 358 g/mol. The highest BCUT2D eigenvalue weighted by Crippen LogP contribution is 2.26. The van der Waals surface area contributed by atoms with Crippen molar-refractivity contribution in [3.05, 3.63) is 109 Å². The number of allylic oxidation sites excluding steroid dienone is 4. The normalized spacial score (nSPS) is 9.93. The molecular weight excluding hydrogens is 331 g/mol. The van der Waals surface area contributed by atoms with E-state index in [1.807, 2.05) is 48.6 Å². The van der Waals surface area contributed by atoms with Gasteiger partial charge in [0.25, 0.3) is 0 Å². The highest BCUT2D eigenvalue weighted by Gasteiger charge is 2.11. The molecule has 3 heteroatoms. The average Bonchev–Trinajstić information content (AvgIpc) is 2.67. The van der Waals surface area contributed by atoms with Crippen LogP contribution in [-0.2, 0) is 25.7 Å². The lowest BCUT2D eigenvalue weighted by Crippen LogP contribution is -2.14. The van der Waals surface area contributed by atoms with Crippen LogP contribution < -0.4 is 9.31 Å². The largest absolute Gasteiger partial charge is 0.576 e. The summed E-state index contributed by atoms with van der Waals surface area (Å²) in [7, 11) is 0.142. The van der Waals surface area contributed by atoms with Gasteiger partial charge in [-0.25, -0.2) is 0 Å². The average molecular weight is 358 g/mol. The summed E-state index contributed by atoms with van der Waals surface area (Å²) in [6.07, 6.45) is 10.7. The summed E-state index contributed by atoms with van der Waals surface area (Å²) in [5.74, 6) is 1.64. The van der Waals surface area contributed by atoms with Crippen LogP contribution in [0, 0.1) is 0 Å². The van der Waals surface area contributed by atoms with E-state index >= 15 is 0 Å². The fourth-order valence-electron chi connectivity index (χ4n) is 3.09. The van der Waals surface area contributed by atoms with Gasteiger partial charge in [0.1, 0.15) is 11.5 Å². The van der Waals surface area contributed by atoms with Crippen LogP contribution in [0.1, 0.15) is 22.3 Å². The Hall–Kier alpha value is -2.94. The molecule has 0 aliphatic rings. The SMILES string of the molecule is C=CCc1cccc(OBOc2cccc(CC=C)c2CC=C)c1CC=C. The van der Waals surface area contributed by atoms with Crippen molar-refractivity contribution >= 4 is 7.69 Å². The van der Waals surface area contributed by atoms with Gasteiger partial charge in [0.2, 0.25) is 0 Å². The molecule has 0 bridgehead atoms. The van der Waals surface area contributed by atoms with Crippen LogP contribution in [0.25, 0.3) is 0 Å². The Bertz CT molecular complexity index is 741. The van der Waals surface area contributed by atoms with Crippen LogP contribution in [0.4, 0.5) is 0 Å². The van der Waals surface area contributed by atoms with E-state index in [0.717, 1.165) is 48.3 Å². The lowest BCUT2D eigenvalue weighted by molar-refractivity contribution is 0.453. The minimum atomic E-state index is 0.142. The first kappa shape index (κ1) is 20.4.